The molecule has 1 aromatic rings. The van der Waals surface area contributed by atoms with Gasteiger partial charge in [0, 0.05) is 22.2 Å². The first kappa shape index (κ1) is 15.2. The second kappa shape index (κ2) is 6.20. The van der Waals surface area contributed by atoms with Gasteiger partial charge in [0.1, 0.15) is 6.04 Å². The van der Waals surface area contributed by atoms with E-state index < -0.39 is 6.04 Å². The molecule has 2 fully saturated rings. The van der Waals surface area contributed by atoms with Gasteiger partial charge in [-0.2, -0.15) is 0 Å². The Hall–Kier alpha value is -1.69. The van der Waals surface area contributed by atoms with E-state index in [-0.39, 0.29) is 30.2 Å². The molecule has 0 unspecified atom stereocenters. The normalized spacial score (nSPS) is 21.0. The number of hydrogen-bond donors (Lipinski definition) is 1. The van der Waals surface area contributed by atoms with Gasteiger partial charge in [0.25, 0.3) is 0 Å². The molecule has 3 amide bonds. The minimum Gasteiger partial charge on any atom is -0.327 e. The molecule has 0 bridgehead atoms. The molecule has 1 N–H and O–H groups in total. The molecule has 1 saturated heterocycles. The topological polar surface area (TPSA) is 66.5 Å². The van der Waals surface area contributed by atoms with Crippen molar-refractivity contribution < 1.29 is 14.4 Å². The third-order valence-electron chi connectivity index (χ3n) is 4.12. The van der Waals surface area contributed by atoms with E-state index in [2.05, 4.69) is 24.4 Å². The second-order valence-corrected chi connectivity index (χ2v) is 7.40. The first-order chi connectivity index (χ1) is 10.5. The van der Waals surface area contributed by atoms with E-state index >= 15 is 0 Å². The van der Waals surface area contributed by atoms with Crippen LogP contribution in [0.5, 0.6) is 0 Å². The molecule has 0 spiro atoms. The zero-order chi connectivity index (χ0) is 15.7. The van der Waals surface area contributed by atoms with Crippen molar-refractivity contribution in [2.75, 3.05) is 0 Å². The summed E-state index contributed by atoms with van der Waals surface area (Å²) in [5.41, 5.74) is 0. The fourth-order valence-electron chi connectivity index (χ4n) is 2.91. The minimum absolute atomic E-state index is 0.00521. The van der Waals surface area contributed by atoms with E-state index in [9.17, 15) is 14.4 Å². The molecule has 6 heteroatoms. The van der Waals surface area contributed by atoms with Crippen LogP contribution in [0.3, 0.4) is 0 Å². The van der Waals surface area contributed by atoms with Crippen LogP contribution in [-0.2, 0) is 20.8 Å². The Kier molecular flexibility index (Phi) is 4.29. The Morgan fingerprint density at radius 2 is 2.14 bits per heavy atom. The highest BCUT2D eigenvalue weighted by atomic mass is 32.1. The summed E-state index contributed by atoms with van der Waals surface area (Å²) >= 11 is 1.76. The second-order valence-electron chi connectivity index (χ2n) is 6.03. The number of nitrogens with one attached hydrogen (secondary N) is 1. The maximum atomic E-state index is 12.5. The van der Waals surface area contributed by atoms with E-state index in [1.165, 1.54) is 9.75 Å². The Morgan fingerprint density at radius 3 is 2.68 bits per heavy atom. The van der Waals surface area contributed by atoms with Gasteiger partial charge in [-0.1, -0.05) is 0 Å². The summed E-state index contributed by atoms with van der Waals surface area (Å²) < 4.78 is 0. The monoisotopic (exact) mass is 320 g/mol. The van der Waals surface area contributed by atoms with E-state index in [0.717, 1.165) is 25.7 Å². The van der Waals surface area contributed by atoms with Crippen molar-refractivity contribution in [1.29, 1.82) is 0 Å². The molecular formula is C16H20N2O3S. The number of carbonyl (C=O) groups is 3. The van der Waals surface area contributed by atoms with Gasteiger partial charge in [-0.05, 0) is 44.7 Å². The number of thiophene rings is 1. The number of rotatable bonds is 6. The summed E-state index contributed by atoms with van der Waals surface area (Å²) in [6.07, 6.45) is 4.10. The van der Waals surface area contributed by atoms with Gasteiger partial charge in [0.05, 0.1) is 6.42 Å². The molecule has 1 aliphatic carbocycles. The summed E-state index contributed by atoms with van der Waals surface area (Å²) in [6, 6.07) is 3.76. The molecule has 22 heavy (non-hydrogen) atoms. The predicted octanol–water partition coefficient (Wildman–Crippen LogP) is 1.79. The molecule has 5 nitrogen and oxygen atoms in total. The average molecular weight is 320 g/mol. The largest absolute Gasteiger partial charge is 0.327 e. The zero-order valence-electron chi connectivity index (χ0n) is 12.6. The number of nitrogens with zero attached hydrogens (tertiary/aromatic N) is 1. The van der Waals surface area contributed by atoms with Crippen molar-refractivity contribution in [2.45, 2.75) is 57.5 Å². The number of hydrogen-bond acceptors (Lipinski definition) is 4. The fraction of sp³-hybridized carbons (Fsp3) is 0.562. The summed E-state index contributed by atoms with van der Waals surface area (Å²) in [6.45, 7) is 2.07. The van der Waals surface area contributed by atoms with Gasteiger partial charge in [-0.3, -0.25) is 19.7 Å². The maximum absolute atomic E-state index is 12.5. The van der Waals surface area contributed by atoms with Crippen LogP contribution in [0.4, 0.5) is 0 Å². The zero-order valence-corrected chi connectivity index (χ0v) is 13.4. The van der Waals surface area contributed by atoms with E-state index in [4.69, 9.17) is 0 Å². The van der Waals surface area contributed by atoms with Crippen LogP contribution in [0.15, 0.2) is 12.1 Å². The molecule has 1 aromatic heterocycles. The predicted molar refractivity (Wildman–Crippen MR) is 83.4 cm³/mol. The molecule has 0 aromatic carbocycles. The quantitative estimate of drug-likeness (QED) is 0.813. The third-order valence-corrected chi connectivity index (χ3v) is 5.18. The molecular weight excluding hydrogens is 300 g/mol. The van der Waals surface area contributed by atoms with Crippen molar-refractivity contribution in [3.05, 3.63) is 21.9 Å². The molecule has 2 heterocycles. The van der Waals surface area contributed by atoms with Crippen molar-refractivity contribution in [3.63, 3.8) is 0 Å². The summed E-state index contributed by atoms with van der Waals surface area (Å²) in [7, 11) is 0. The molecule has 1 atom stereocenters. The van der Waals surface area contributed by atoms with Crippen LogP contribution in [0, 0.1) is 6.92 Å². The molecule has 3 rings (SSSR count). The maximum Gasteiger partial charge on any atom is 0.249 e. The Balaban J connectivity index is 1.56. The van der Waals surface area contributed by atoms with Crippen molar-refractivity contribution >= 4 is 29.1 Å². The highest BCUT2D eigenvalue weighted by Crippen LogP contribution is 2.31. The lowest BCUT2D eigenvalue weighted by molar-refractivity contribution is -0.139. The van der Waals surface area contributed by atoms with Gasteiger partial charge in [0.15, 0.2) is 0 Å². The first-order valence-electron chi connectivity index (χ1n) is 7.75. The molecule has 1 saturated carbocycles. The lowest BCUT2D eigenvalue weighted by Gasteiger charge is -2.26. The van der Waals surface area contributed by atoms with Crippen molar-refractivity contribution in [2.24, 2.45) is 0 Å². The standard InChI is InChI=1S/C16H20N2O3S/c1-10-5-8-12(22-10)3-2-4-15(20)18(11-6-7-11)13-9-14(19)17-16(13)21/h5,8,11,13H,2-4,6-7,9H2,1H3,(H,17,19,21)/t13-/m0/s1. The van der Waals surface area contributed by atoms with E-state index in [1.54, 1.807) is 16.2 Å². The Morgan fingerprint density at radius 1 is 1.36 bits per heavy atom. The van der Waals surface area contributed by atoms with Gasteiger partial charge in [-0.15, -0.1) is 11.3 Å². The van der Waals surface area contributed by atoms with E-state index in [0.29, 0.717) is 6.42 Å². The number of amides is 3. The first-order valence-corrected chi connectivity index (χ1v) is 8.56. The van der Waals surface area contributed by atoms with Crippen LogP contribution in [0.25, 0.3) is 0 Å². The highest BCUT2D eigenvalue weighted by Gasteiger charge is 2.44. The molecule has 2 aliphatic rings. The fourth-order valence-corrected chi connectivity index (χ4v) is 3.84. The van der Waals surface area contributed by atoms with E-state index in [1.807, 2.05) is 0 Å². The van der Waals surface area contributed by atoms with Gasteiger partial charge < -0.3 is 4.90 Å². The highest BCUT2D eigenvalue weighted by molar-refractivity contribution is 7.11. The average Bonchev–Trinajstić information content (AvgIpc) is 3.11. The number of imide groups is 1. The SMILES string of the molecule is Cc1ccc(CCCC(=O)N(C2CC2)[C@H]2CC(=O)NC2=O)s1. The molecule has 0 radical (unpaired) electrons. The smallest absolute Gasteiger partial charge is 0.249 e. The summed E-state index contributed by atoms with van der Waals surface area (Å²) in [5, 5.41) is 2.30. The molecule has 1 aliphatic heterocycles. The van der Waals surface area contributed by atoms with Crippen molar-refractivity contribution in [1.82, 2.24) is 10.2 Å². The van der Waals surface area contributed by atoms with Crippen molar-refractivity contribution in [3.8, 4) is 0 Å². The number of aryl methyl sites for hydroxylation is 2. The summed E-state index contributed by atoms with van der Waals surface area (Å²) in [5.74, 6) is -0.590. The van der Waals surface area contributed by atoms with Crippen LogP contribution >= 0.6 is 11.3 Å². The van der Waals surface area contributed by atoms with Gasteiger partial charge >= 0.3 is 0 Å². The van der Waals surface area contributed by atoms with Crippen LogP contribution in [0.1, 0.15) is 41.9 Å². The lowest BCUT2D eigenvalue weighted by Crippen LogP contribution is -2.45. The van der Waals surface area contributed by atoms with Gasteiger partial charge in [-0.25, -0.2) is 0 Å². The van der Waals surface area contributed by atoms with Crippen LogP contribution < -0.4 is 5.32 Å². The third kappa shape index (κ3) is 3.38. The van der Waals surface area contributed by atoms with Gasteiger partial charge in [0.2, 0.25) is 17.7 Å². The summed E-state index contributed by atoms with van der Waals surface area (Å²) in [4.78, 5) is 39.9. The number of carbonyl (C=O) groups excluding carboxylic acids is 3. The molecule has 118 valence electrons. The Bertz CT molecular complexity index is 606. The minimum atomic E-state index is -0.587. The Labute approximate surface area is 133 Å². The van der Waals surface area contributed by atoms with Crippen LogP contribution in [-0.4, -0.2) is 34.7 Å². The lowest BCUT2D eigenvalue weighted by atomic mass is 10.1. The van der Waals surface area contributed by atoms with Crippen LogP contribution in [0.2, 0.25) is 0 Å².